The van der Waals surface area contributed by atoms with Crippen LogP contribution in [0.3, 0.4) is 0 Å². The van der Waals surface area contributed by atoms with E-state index in [9.17, 15) is 14.0 Å². The molecule has 1 heterocycles. The first-order valence-electron chi connectivity index (χ1n) is 5.58. The number of hydrogen-bond donors (Lipinski definition) is 2. The molecule has 1 aromatic carbocycles. The molecule has 0 aliphatic carbocycles. The Bertz CT molecular complexity index is 672. The van der Waals surface area contributed by atoms with Crippen molar-refractivity contribution in [2.75, 3.05) is 10.6 Å². The summed E-state index contributed by atoms with van der Waals surface area (Å²) in [6.45, 7) is 1.35. The number of thiophene rings is 1. The molecule has 0 atom stereocenters. The van der Waals surface area contributed by atoms with Gasteiger partial charge in [0.25, 0.3) is 5.91 Å². The van der Waals surface area contributed by atoms with Crippen molar-refractivity contribution in [3.8, 4) is 0 Å². The molecule has 0 aliphatic rings. The molecule has 0 saturated carbocycles. The summed E-state index contributed by atoms with van der Waals surface area (Å²) in [6.07, 6.45) is 0. The molecule has 0 unspecified atom stereocenters. The minimum atomic E-state index is -0.568. The molecule has 4 nitrogen and oxygen atoms in total. The zero-order valence-electron chi connectivity index (χ0n) is 10.4. The number of amides is 2. The SMILES string of the molecule is CC(=O)Nc1ccc(F)c(NC(=O)c2csc(Br)c2)c1. The number of anilines is 2. The highest BCUT2D eigenvalue weighted by molar-refractivity contribution is 9.11. The number of rotatable bonds is 3. The maximum Gasteiger partial charge on any atom is 0.256 e. The van der Waals surface area contributed by atoms with Crippen LogP contribution in [0.15, 0.2) is 33.4 Å². The van der Waals surface area contributed by atoms with E-state index in [0.29, 0.717) is 11.3 Å². The van der Waals surface area contributed by atoms with Crippen molar-refractivity contribution in [1.82, 2.24) is 0 Å². The van der Waals surface area contributed by atoms with Gasteiger partial charge in [-0.15, -0.1) is 11.3 Å². The van der Waals surface area contributed by atoms with E-state index in [1.807, 2.05) is 0 Å². The maximum atomic E-state index is 13.7. The molecule has 1 aromatic heterocycles. The van der Waals surface area contributed by atoms with Crippen molar-refractivity contribution in [3.63, 3.8) is 0 Å². The Morgan fingerprint density at radius 3 is 2.60 bits per heavy atom. The first-order chi connectivity index (χ1) is 9.45. The number of hydrogen-bond acceptors (Lipinski definition) is 3. The average Bonchev–Trinajstić information content (AvgIpc) is 2.79. The molecule has 0 aliphatic heterocycles. The van der Waals surface area contributed by atoms with Crippen LogP contribution in [0.2, 0.25) is 0 Å². The molecule has 2 rings (SSSR count). The van der Waals surface area contributed by atoms with E-state index >= 15 is 0 Å². The normalized spacial score (nSPS) is 10.2. The molecule has 0 saturated heterocycles. The Morgan fingerprint density at radius 2 is 2.00 bits per heavy atom. The third kappa shape index (κ3) is 3.64. The molecular weight excluding hydrogens is 347 g/mol. The third-order valence-electron chi connectivity index (χ3n) is 2.36. The van der Waals surface area contributed by atoms with E-state index in [1.54, 1.807) is 11.4 Å². The average molecular weight is 357 g/mol. The van der Waals surface area contributed by atoms with Gasteiger partial charge in [-0.25, -0.2) is 4.39 Å². The molecule has 0 spiro atoms. The van der Waals surface area contributed by atoms with Crippen molar-refractivity contribution < 1.29 is 14.0 Å². The number of carbonyl (C=O) groups excluding carboxylic acids is 2. The highest BCUT2D eigenvalue weighted by atomic mass is 79.9. The van der Waals surface area contributed by atoms with Gasteiger partial charge in [-0.3, -0.25) is 9.59 Å². The molecule has 0 bridgehead atoms. The van der Waals surface area contributed by atoms with Gasteiger partial charge in [0, 0.05) is 18.0 Å². The first kappa shape index (κ1) is 14.7. The molecule has 2 N–H and O–H groups in total. The lowest BCUT2D eigenvalue weighted by Gasteiger charge is -2.08. The van der Waals surface area contributed by atoms with E-state index in [1.165, 1.54) is 36.5 Å². The van der Waals surface area contributed by atoms with E-state index < -0.39 is 11.7 Å². The van der Waals surface area contributed by atoms with Crippen LogP contribution in [0, 0.1) is 5.82 Å². The number of nitrogens with one attached hydrogen (secondary N) is 2. The number of halogens is 2. The topological polar surface area (TPSA) is 58.2 Å². The second kappa shape index (κ2) is 6.15. The Kier molecular flexibility index (Phi) is 4.51. The van der Waals surface area contributed by atoms with E-state index in [-0.39, 0.29) is 11.6 Å². The molecule has 0 fully saturated rings. The van der Waals surface area contributed by atoms with Crippen LogP contribution in [0.25, 0.3) is 0 Å². The lowest BCUT2D eigenvalue weighted by molar-refractivity contribution is -0.114. The Labute approximate surface area is 127 Å². The predicted molar refractivity (Wildman–Crippen MR) is 80.7 cm³/mol. The smallest absolute Gasteiger partial charge is 0.256 e. The minimum absolute atomic E-state index is 0.0172. The van der Waals surface area contributed by atoms with E-state index in [2.05, 4.69) is 26.6 Å². The van der Waals surface area contributed by atoms with Crippen molar-refractivity contribution in [3.05, 3.63) is 44.8 Å². The van der Waals surface area contributed by atoms with Crippen LogP contribution >= 0.6 is 27.3 Å². The lowest BCUT2D eigenvalue weighted by Crippen LogP contribution is -2.13. The predicted octanol–water partition coefficient (Wildman–Crippen LogP) is 3.86. The zero-order valence-corrected chi connectivity index (χ0v) is 12.8. The molecular formula is C13H10BrFN2O2S. The summed E-state index contributed by atoms with van der Waals surface area (Å²) in [5, 5.41) is 6.66. The first-order valence-corrected chi connectivity index (χ1v) is 7.25. The van der Waals surface area contributed by atoms with Gasteiger partial charge in [0.2, 0.25) is 5.91 Å². The van der Waals surface area contributed by atoms with Crippen LogP contribution in [-0.4, -0.2) is 11.8 Å². The standard InChI is InChI=1S/C13H10BrFN2O2S/c1-7(18)16-9-2-3-10(15)11(5-9)17-13(19)8-4-12(14)20-6-8/h2-6H,1H3,(H,16,18)(H,17,19). The number of carbonyl (C=O) groups is 2. The summed E-state index contributed by atoms with van der Waals surface area (Å²) < 4.78 is 14.5. The van der Waals surface area contributed by atoms with Gasteiger partial charge in [-0.05, 0) is 40.2 Å². The fourth-order valence-electron chi connectivity index (χ4n) is 1.53. The summed E-state index contributed by atoms with van der Waals surface area (Å²) in [7, 11) is 0. The van der Waals surface area contributed by atoms with Crippen LogP contribution in [0.1, 0.15) is 17.3 Å². The Hall–Kier alpha value is -1.73. The third-order valence-corrected chi connectivity index (χ3v) is 3.87. The van der Waals surface area contributed by atoms with Crippen LogP contribution in [0.4, 0.5) is 15.8 Å². The summed E-state index contributed by atoms with van der Waals surface area (Å²) in [6, 6.07) is 5.63. The second-order valence-corrected chi connectivity index (χ2v) is 6.26. The quantitative estimate of drug-likeness (QED) is 0.877. The van der Waals surface area contributed by atoms with Gasteiger partial charge in [0.15, 0.2) is 0 Å². The second-order valence-electron chi connectivity index (χ2n) is 3.97. The maximum absolute atomic E-state index is 13.7. The number of benzene rings is 1. The minimum Gasteiger partial charge on any atom is -0.326 e. The molecule has 7 heteroatoms. The lowest BCUT2D eigenvalue weighted by atomic mass is 10.2. The Morgan fingerprint density at radius 1 is 1.25 bits per heavy atom. The van der Waals surface area contributed by atoms with E-state index in [0.717, 1.165) is 3.79 Å². The highest BCUT2D eigenvalue weighted by Gasteiger charge is 2.12. The van der Waals surface area contributed by atoms with Gasteiger partial charge in [0.05, 0.1) is 15.0 Å². The van der Waals surface area contributed by atoms with Gasteiger partial charge >= 0.3 is 0 Å². The fourth-order valence-corrected chi connectivity index (χ4v) is 2.66. The molecule has 2 aromatic rings. The molecule has 2 amide bonds. The van der Waals surface area contributed by atoms with Crippen LogP contribution in [0.5, 0.6) is 0 Å². The van der Waals surface area contributed by atoms with Crippen molar-refractivity contribution in [1.29, 1.82) is 0 Å². The highest BCUT2D eigenvalue weighted by Crippen LogP contribution is 2.23. The summed E-state index contributed by atoms with van der Waals surface area (Å²) in [5.41, 5.74) is 0.871. The largest absolute Gasteiger partial charge is 0.326 e. The summed E-state index contributed by atoms with van der Waals surface area (Å²) in [5.74, 6) is -1.25. The van der Waals surface area contributed by atoms with Crippen LogP contribution in [-0.2, 0) is 4.79 Å². The van der Waals surface area contributed by atoms with Crippen molar-refractivity contribution in [2.45, 2.75) is 6.92 Å². The van der Waals surface area contributed by atoms with Crippen molar-refractivity contribution in [2.24, 2.45) is 0 Å². The van der Waals surface area contributed by atoms with Gasteiger partial charge in [-0.1, -0.05) is 0 Å². The molecule has 104 valence electrons. The monoisotopic (exact) mass is 356 g/mol. The van der Waals surface area contributed by atoms with Crippen LogP contribution < -0.4 is 10.6 Å². The van der Waals surface area contributed by atoms with Gasteiger partial charge in [-0.2, -0.15) is 0 Å². The summed E-state index contributed by atoms with van der Waals surface area (Å²) in [4.78, 5) is 22.9. The van der Waals surface area contributed by atoms with Crippen molar-refractivity contribution >= 4 is 50.5 Å². The zero-order chi connectivity index (χ0) is 14.7. The fraction of sp³-hybridized carbons (Fsp3) is 0.0769. The Balaban J connectivity index is 2.19. The van der Waals surface area contributed by atoms with Gasteiger partial charge < -0.3 is 10.6 Å². The van der Waals surface area contributed by atoms with Gasteiger partial charge in [0.1, 0.15) is 5.82 Å². The molecule has 0 radical (unpaired) electrons. The summed E-state index contributed by atoms with van der Waals surface area (Å²) >= 11 is 4.62. The van der Waals surface area contributed by atoms with E-state index in [4.69, 9.17) is 0 Å². The molecule has 20 heavy (non-hydrogen) atoms.